The Kier molecular flexibility index (Phi) is 11.2. The number of nitro groups is 1. The van der Waals surface area contributed by atoms with E-state index < -0.39 is 33.9 Å². The summed E-state index contributed by atoms with van der Waals surface area (Å²) in [7, 11) is -3.63. The number of benzene rings is 4. The largest absolute Gasteiger partial charge is 0.489 e. The summed E-state index contributed by atoms with van der Waals surface area (Å²) in [5, 5.41) is 15.1. The van der Waals surface area contributed by atoms with Gasteiger partial charge < -0.3 is 20.5 Å². The standard InChI is InChI=1S/C35H36N4O8S/c36-35(41)47-33(21-24-13-18-30(19-14-24)46-23-25-11-15-27(16-12-25)26-7-3-1-4-8-26)34(40)38(48(44)45)29-17-20-31(32(22-29)39(42)43)37-28-9-5-2-6-10-28/h1,3-4,7-8,11-20,22,28,33,37,48H,2,5-6,9-10,21,23H2,(H2,36,41)/t33-/m0/s1. The second-order valence-corrected chi connectivity index (χ2v) is 12.3. The Morgan fingerprint density at radius 2 is 1.54 bits per heavy atom. The van der Waals surface area contributed by atoms with Crippen LogP contribution >= 0.6 is 0 Å². The Hall–Kier alpha value is -5.43. The number of rotatable bonds is 13. The molecule has 3 N–H and O–H groups in total. The molecule has 1 aliphatic carbocycles. The highest BCUT2D eigenvalue weighted by atomic mass is 32.2. The van der Waals surface area contributed by atoms with Crippen LogP contribution in [0.4, 0.5) is 21.9 Å². The fourth-order valence-corrected chi connectivity index (χ4v) is 6.28. The van der Waals surface area contributed by atoms with Gasteiger partial charge in [-0.3, -0.25) is 14.9 Å². The molecule has 12 nitrogen and oxygen atoms in total. The van der Waals surface area contributed by atoms with Gasteiger partial charge in [-0.2, -0.15) is 0 Å². The first-order valence-electron chi connectivity index (χ1n) is 15.5. The van der Waals surface area contributed by atoms with Crippen LogP contribution in [0.1, 0.15) is 43.2 Å². The predicted octanol–water partition coefficient (Wildman–Crippen LogP) is 6.15. The van der Waals surface area contributed by atoms with Gasteiger partial charge in [0.25, 0.3) is 11.6 Å². The Labute approximate surface area is 279 Å². The summed E-state index contributed by atoms with van der Waals surface area (Å²) in [5.41, 5.74) is 8.49. The van der Waals surface area contributed by atoms with Crippen LogP contribution in [0.3, 0.4) is 0 Å². The third-order valence-corrected chi connectivity index (χ3v) is 8.86. The zero-order valence-corrected chi connectivity index (χ0v) is 26.9. The van der Waals surface area contributed by atoms with Crippen LogP contribution in [-0.2, 0) is 33.4 Å². The van der Waals surface area contributed by atoms with Gasteiger partial charge in [0.05, 0.1) is 10.6 Å². The van der Waals surface area contributed by atoms with Crippen molar-refractivity contribution < 1.29 is 32.4 Å². The minimum absolute atomic E-state index is 0.0498. The number of carbonyl (C=O) groups excluding carboxylic acids is 2. The molecule has 0 radical (unpaired) electrons. The molecule has 1 fully saturated rings. The number of carbonyl (C=O) groups is 2. The number of nitro benzene ring substituents is 1. The quantitative estimate of drug-likeness (QED) is 0.0856. The summed E-state index contributed by atoms with van der Waals surface area (Å²) in [4.78, 5) is 36.6. The molecule has 1 atom stereocenters. The van der Waals surface area contributed by atoms with Crippen LogP contribution in [0.2, 0.25) is 0 Å². The van der Waals surface area contributed by atoms with Crippen molar-refractivity contribution in [3.63, 3.8) is 0 Å². The van der Waals surface area contributed by atoms with E-state index in [-0.39, 0.29) is 29.5 Å². The van der Waals surface area contributed by atoms with Gasteiger partial charge in [-0.25, -0.2) is 17.5 Å². The molecule has 1 saturated carbocycles. The number of primary amides is 1. The molecule has 0 unspecified atom stereocenters. The van der Waals surface area contributed by atoms with Crippen molar-refractivity contribution in [1.82, 2.24) is 0 Å². The van der Waals surface area contributed by atoms with E-state index in [1.54, 1.807) is 24.3 Å². The monoisotopic (exact) mass is 672 g/mol. The van der Waals surface area contributed by atoms with Gasteiger partial charge in [0.1, 0.15) is 18.0 Å². The van der Waals surface area contributed by atoms with E-state index in [2.05, 4.69) is 5.32 Å². The van der Waals surface area contributed by atoms with E-state index in [0.717, 1.165) is 54.9 Å². The molecule has 0 aliphatic heterocycles. The molecular weight excluding hydrogens is 636 g/mol. The SMILES string of the molecule is NC(=O)O[C@@H](Cc1ccc(OCc2ccc(-c3ccccc3)cc2)cc1)C(=O)N(c1ccc(NC2CCCCC2)c([N+](=O)[O-])c1)[SH](=O)=O. The highest BCUT2D eigenvalue weighted by Crippen LogP contribution is 2.33. The maximum atomic E-state index is 13.5. The van der Waals surface area contributed by atoms with Crippen molar-refractivity contribution in [1.29, 1.82) is 0 Å². The van der Waals surface area contributed by atoms with E-state index in [4.69, 9.17) is 15.2 Å². The Balaban J connectivity index is 1.27. The van der Waals surface area contributed by atoms with Crippen LogP contribution in [0.5, 0.6) is 5.75 Å². The molecule has 0 bridgehead atoms. The van der Waals surface area contributed by atoms with Gasteiger partial charge in [0, 0.05) is 18.5 Å². The van der Waals surface area contributed by atoms with Crippen LogP contribution in [0.15, 0.2) is 97.1 Å². The van der Waals surface area contributed by atoms with E-state index in [1.165, 1.54) is 12.1 Å². The fraction of sp³-hybridized carbons (Fsp3) is 0.257. The van der Waals surface area contributed by atoms with E-state index >= 15 is 0 Å². The summed E-state index contributed by atoms with van der Waals surface area (Å²) < 4.78 is 36.0. The smallest absolute Gasteiger partial charge is 0.405 e. The minimum Gasteiger partial charge on any atom is -0.489 e. The van der Waals surface area contributed by atoms with Crippen molar-refractivity contribution in [2.75, 3.05) is 9.62 Å². The Morgan fingerprint density at radius 1 is 0.896 bits per heavy atom. The summed E-state index contributed by atoms with van der Waals surface area (Å²) in [6, 6.07) is 28.4. The Morgan fingerprint density at radius 3 is 2.17 bits per heavy atom. The zero-order valence-electron chi connectivity index (χ0n) is 26.0. The number of amides is 2. The molecule has 0 spiro atoms. The summed E-state index contributed by atoms with van der Waals surface area (Å²) in [6.45, 7) is 0.312. The zero-order chi connectivity index (χ0) is 34.0. The summed E-state index contributed by atoms with van der Waals surface area (Å²) in [6.07, 6.45) is 1.69. The van der Waals surface area contributed by atoms with Gasteiger partial charge in [-0.1, -0.05) is 86.0 Å². The first-order valence-corrected chi connectivity index (χ1v) is 16.7. The van der Waals surface area contributed by atoms with Crippen molar-refractivity contribution >= 4 is 40.0 Å². The third kappa shape index (κ3) is 8.88. The highest BCUT2D eigenvalue weighted by Gasteiger charge is 2.32. The van der Waals surface area contributed by atoms with Gasteiger partial charge in [-0.05, 0) is 59.4 Å². The molecule has 0 saturated heterocycles. The molecule has 4 aromatic rings. The number of hydrogen-bond donors (Lipinski definition) is 3. The normalized spacial score (nSPS) is 13.8. The maximum absolute atomic E-state index is 13.5. The summed E-state index contributed by atoms with van der Waals surface area (Å²) in [5.74, 6) is -0.588. The number of ether oxygens (including phenoxy) is 2. The number of nitrogens with two attached hydrogens (primary N) is 1. The van der Waals surface area contributed by atoms with Crippen LogP contribution in [0, 0.1) is 10.1 Å². The first kappa shape index (κ1) is 33.9. The number of nitrogens with zero attached hydrogens (tertiary/aromatic N) is 2. The number of thiol groups is 1. The molecule has 250 valence electrons. The average Bonchev–Trinajstić information content (AvgIpc) is 3.09. The van der Waals surface area contributed by atoms with Crippen molar-refractivity contribution in [2.45, 2.75) is 57.3 Å². The molecule has 5 rings (SSSR count). The van der Waals surface area contributed by atoms with Crippen molar-refractivity contribution in [2.24, 2.45) is 5.73 Å². The molecule has 13 heteroatoms. The van der Waals surface area contributed by atoms with E-state index in [9.17, 15) is 28.1 Å². The van der Waals surface area contributed by atoms with Crippen LogP contribution in [0.25, 0.3) is 11.1 Å². The average molecular weight is 673 g/mol. The fourth-order valence-electron chi connectivity index (χ4n) is 5.68. The molecule has 4 aromatic carbocycles. The van der Waals surface area contributed by atoms with E-state index in [1.807, 2.05) is 54.6 Å². The summed E-state index contributed by atoms with van der Waals surface area (Å²) >= 11 is 0. The number of nitrogens with one attached hydrogen (secondary N) is 1. The molecular formula is C35H36N4O8S. The molecule has 0 aromatic heterocycles. The third-order valence-electron chi connectivity index (χ3n) is 8.10. The van der Waals surface area contributed by atoms with Crippen molar-refractivity contribution in [3.8, 4) is 16.9 Å². The second kappa shape index (κ2) is 15.9. The lowest BCUT2D eigenvalue weighted by Crippen LogP contribution is -2.42. The van der Waals surface area contributed by atoms with Crippen molar-refractivity contribution in [3.05, 3.63) is 118 Å². The minimum atomic E-state index is -3.63. The highest BCUT2D eigenvalue weighted by molar-refractivity contribution is 7.75. The van der Waals surface area contributed by atoms with E-state index in [0.29, 0.717) is 22.2 Å². The van der Waals surface area contributed by atoms with Gasteiger partial charge in [0.2, 0.25) is 10.9 Å². The lowest BCUT2D eigenvalue weighted by atomic mass is 9.95. The number of hydrogen-bond acceptors (Lipinski definition) is 9. The Bertz CT molecular complexity index is 1800. The predicted molar refractivity (Wildman–Crippen MR) is 182 cm³/mol. The molecule has 48 heavy (non-hydrogen) atoms. The lowest BCUT2D eigenvalue weighted by molar-refractivity contribution is -0.383. The van der Waals surface area contributed by atoms with Gasteiger partial charge >= 0.3 is 6.09 Å². The van der Waals surface area contributed by atoms with Gasteiger partial charge in [-0.15, -0.1) is 0 Å². The topological polar surface area (TPSA) is 171 Å². The number of anilines is 2. The second-order valence-electron chi connectivity index (χ2n) is 11.5. The lowest BCUT2D eigenvalue weighted by Gasteiger charge is -2.25. The van der Waals surface area contributed by atoms with Gasteiger partial charge in [0.15, 0.2) is 6.10 Å². The molecule has 0 heterocycles. The molecule has 1 aliphatic rings. The first-order chi connectivity index (χ1) is 23.2. The molecule has 2 amide bonds. The van der Waals surface area contributed by atoms with Crippen LogP contribution in [-0.4, -0.2) is 37.5 Å². The maximum Gasteiger partial charge on any atom is 0.405 e. The van der Waals surface area contributed by atoms with Crippen LogP contribution < -0.4 is 20.1 Å².